The summed E-state index contributed by atoms with van der Waals surface area (Å²) in [5, 5.41) is 5.71. The Balaban J connectivity index is 2.24. The van der Waals surface area contributed by atoms with E-state index in [1.807, 2.05) is 0 Å². The number of likely N-dealkylation sites (N-methyl/N-ethyl adjacent to an activating group) is 1. The average Bonchev–Trinajstić information content (AvgIpc) is 2.59. The topological polar surface area (TPSA) is 64.7 Å². The molecule has 1 saturated heterocycles. The molecule has 3 amide bonds. The number of nitrogens with zero attached hydrogens (tertiary/aromatic N) is 2. The molecule has 2 N–H and O–H groups in total. The summed E-state index contributed by atoms with van der Waals surface area (Å²) in [6.07, 6.45) is 0.844. The van der Waals surface area contributed by atoms with Crippen LogP contribution in [-0.2, 0) is 4.79 Å². The zero-order valence-electron chi connectivity index (χ0n) is 10.1. The maximum absolute atomic E-state index is 11.7. The molecule has 0 bridgehead atoms. The summed E-state index contributed by atoms with van der Waals surface area (Å²) in [4.78, 5) is 26.2. The molecule has 1 unspecified atom stereocenters. The van der Waals surface area contributed by atoms with Gasteiger partial charge in [-0.05, 0) is 13.5 Å². The highest BCUT2D eigenvalue weighted by Gasteiger charge is 2.29. The first kappa shape index (κ1) is 12.8. The Morgan fingerprint density at radius 3 is 2.75 bits per heavy atom. The van der Waals surface area contributed by atoms with Crippen LogP contribution in [0.5, 0.6) is 0 Å². The highest BCUT2D eigenvalue weighted by molar-refractivity contribution is 5.84. The fourth-order valence-electron chi connectivity index (χ4n) is 1.68. The van der Waals surface area contributed by atoms with Crippen LogP contribution in [0.3, 0.4) is 0 Å². The Morgan fingerprint density at radius 1 is 1.56 bits per heavy atom. The van der Waals surface area contributed by atoms with Crippen molar-refractivity contribution in [3.05, 3.63) is 0 Å². The number of amides is 3. The second kappa shape index (κ2) is 5.69. The Bertz CT molecular complexity index is 268. The van der Waals surface area contributed by atoms with E-state index < -0.39 is 0 Å². The van der Waals surface area contributed by atoms with Crippen LogP contribution in [-0.4, -0.2) is 68.6 Å². The van der Waals surface area contributed by atoms with Crippen molar-refractivity contribution in [3.8, 4) is 0 Å². The highest BCUT2D eigenvalue weighted by atomic mass is 16.2. The minimum absolute atomic E-state index is 0.0513. The molecular weight excluding hydrogens is 208 g/mol. The molecule has 0 aliphatic carbocycles. The molecule has 0 spiro atoms. The van der Waals surface area contributed by atoms with Gasteiger partial charge in [-0.2, -0.15) is 0 Å². The first-order chi connectivity index (χ1) is 7.56. The number of carbonyl (C=O) groups excluding carboxylic acids is 2. The van der Waals surface area contributed by atoms with E-state index in [1.54, 1.807) is 26.0 Å². The number of likely N-dealkylation sites (tertiary alicyclic amines) is 1. The van der Waals surface area contributed by atoms with Gasteiger partial charge in [0.2, 0.25) is 5.91 Å². The van der Waals surface area contributed by atoms with Crippen molar-refractivity contribution >= 4 is 11.9 Å². The second-order valence-corrected chi connectivity index (χ2v) is 4.08. The summed E-state index contributed by atoms with van der Waals surface area (Å²) in [7, 11) is 5.17. The maximum Gasteiger partial charge on any atom is 0.316 e. The third-order valence-corrected chi connectivity index (χ3v) is 2.71. The van der Waals surface area contributed by atoms with E-state index in [-0.39, 0.29) is 18.0 Å². The van der Waals surface area contributed by atoms with E-state index in [2.05, 4.69) is 10.6 Å². The lowest BCUT2D eigenvalue weighted by atomic mass is 10.3. The molecule has 0 radical (unpaired) electrons. The number of rotatable bonds is 4. The van der Waals surface area contributed by atoms with Gasteiger partial charge >= 0.3 is 6.03 Å². The van der Waals surface area contributed by atoms with Crippen molar-refractivity contribution in [1.29, 1.82) is 0 Å². The first-order valence-electron chi connectivity index (χ1n) is 5.47. The lowest BCUT2D eigenvalue weighted by molar-refractivity contribution is -0.129. The van der Waals surface area contributed by atoms with Crippen LogP contribution in [0.1, 0.15) is 6.42 Å². The molecular formula is C10H20N4O2. The van der Waals surface area contributed by atoms with Gasteiger partial charge in [-0.25, -0.2) is 4.79 Å². The van der Waals surface area contributed by atoms with Crippen LogP contribution < -0.4 is 10.6 Å². The largest absolute Gasteiger partial charge is 0.340 e. The second-order valence-electron chi connectivity index (χ2n) is 4.08. The zero-order chi connectivity index (χ0) is 12.1. The fourth-order valence-corrected chi connectivity index (χ4v) is 1.68. The van der Waals surface area contributed by atoms with Crippen molar-refractivity contribution in [3.63, 3.8) is 0 Å². The predicted octanol–water partition coefficient (Wildman–Crippen LogP) is -0.922. The molecule has 0 aromatic carbocycles. The van der Waals surface area contributed by atoms with Gasteiger partial charge in [0.05, 0.1) is 6.04 Å². The monoisotopic (exact) mass is 228 g/mol. The minimum atomic E-state index is -0.128. The third kappa shape index (κ3) is 3.10. The van der Waals surface area contributed by atoms with E-state index in [0.29, 0.717) is 13.1 Å². The van der Waals surface area contributed by atoms with E-state index >= 15 is 0 Å². The molecule has 1 aliphatic heterocycles. The summed E-state index contributed by atoms with van der Waals surface area (Å²) < 4.78 is 0. The van der Waals surface area contributed by atoms with Gasteiger partial charge in [0.1, 0.15) is 0 Å². The normalized spacial score (nSPS) is 20.1. The molecule has 0 aromatic heterocycles. The minimum Gasteiger partial charge on any atom is -0.340 e. The first-order valence-corrected chi connectivity index (χ1v) is 5.47. The van der Waals surface area contributed by atoms with Gasteiger partial charge in [0, 0.05) is 33.7 Å². The van der Waals surface area contributed by atoms with Crippen molar-refractivity contribution in [1.82, 2.24) is 20.4 Å². The molecule has 0 saturated carbocycles. The van der Waals surface area contributed by atoms with Crippen molar-refractivity contribution < 1.29 is 9.59 Å². The summed E-state index contributed by atoms with van der Waals surface area (Å²) in [6, 6.07) is -0.179. The van der Waals surface area contributed by atoms with Crippen LogP contribution in [0.15, 0.2) is 0 Å². The lowest BCUT2D eigenvalue weighted by Crippen LogP contribution is -2.42. The van der Waals surface area contributed by atoms with E-state index in [0.717, 1.165) is 13.0 Å². The Hall–Kier alpha value is -1.30. The fraction of sp³-hybridized carbons (Fsp3) is 0.800. The van der Waals surface area contributed by atoms with Crippen LogP contribution in [0.25, 0.3) is 0 Å². The molecule has 1 heterocycles. The molecule has 92 valence electrons. The van der Waals surface area contributed by atoms with Crippen LogP contribution >= 0.6 is 0 Å². The predicted molar refractivity (Wildman–Crippen MR) is 61.1 cm³/mol. The van der Waals surface area contributed by atoms with Gasteiger partial charge in [-0.1, -0.05) is 0 Å². The molecule has 6 nitrogen and oxygen atoms in total. The Morgan fingerprint density at radius 2 is 2.25 bits per heavy atom. The van der Waals surface area contributed by atoms with E-state index in [4.69, 9.17) is 0 Å². The zero-order valence-corrected chi connectivity index (χ0v) is 10.1. The summed E-state index contributed by atoms with van der Waals surface area (Å²) in [5.41, 5.74) is 0. The molecule has 6 heteroatoms. The standard InChI is InChI=1S/C10H20N4O2/c1-11-8-4-6-14(9(8)15)7-5-12-10(16)13(2)3/h8,11H,4-7H2,1-3H3,(H,12,16). The molecule has 1 atom stereocenters. The number of nitrogens with one attached hydrogen (secondary N) is 2. The van der Waals surface area contributed by atoms with E-state index in [9.17, 15) is 9.59 Å². The Kier molecular flexibility index (Phi) is 4.54. The molecule has 1 aliphatic rings. The van der Waals surface area contributed by atoms with Crippen molar-refractivity contribution in [2.24, 2.45) is 0 Å². The Labute approximate surface area is 96.0 Å². The van der Waals surface area contributed by atoms with Gasteiger partial charge in [-0.15, -0.1) is 0 Å². The SMILES string of the molecule is CNC1CCN(CCNC(=O)N(C)C)C1=O. The van der Waals surface area contributed by atoms with Crippen LogP contribution in [0.2, 0.25) is 0 Å². The maximum atomic E-state index is 11.7. The third-order valence-electron chi connectivity index (χ3n) is 2.71. The number of hydrogen-bond donors (Lipinski definition) is 2. The molecule has 0 aromatic rings. The summed E-state index contributed by atoms with van der Waals surface area (Å²) in [5.74, 6) is 0.126. The van der Waals surface area contributed by atoms with Gasteiger partial charge in [0.15, 0.2) is 0 Å². The summed E-state index contributed by atoms with van der Waals surface area (Å²) >= 11 is 0. The van der Waals surface area contributed by atoms with Crippen LogP contribution in [0, 0.1) is 0 Å². The summed E-state index contributed by atoms with van der Waals surface area (Å²) in [6.45, 7) is 1.85. The molecule has 1 rings (SSSR count). The quantitative estimate of drug-likeness (QED) is 0.654. The highest BCUT2D eigenvalue weighted by Crippen LogP contribution is 2.09. The lowest BCUT2D eigenvalue weighted by Gasteiger charge is -2.18. The average molecular weight is 228 g/mol. The van der Waals surface area contributed by atoms with Gasteiger partial charge in [-0.3, -0.25) is 4.79 Å². The molecule has 1 fully saturated rings. The van der Waals surface area contributed by atoms with Gasteiger partial charge < -0.3 is 20.4 Å². The number of carbonyl (C=O) groups is 2. The van der Waals surface area contributed by atoms with Crippen molar-refractivity contribution in [2.45, 2.75) is 12.5 Å². The van der Waals surface area contributed by atoms with E-state index in [1.165, 1.54) is 4.90 Å². The number of urea groups is 1. The van der Waals surface area contributed by atoms with Crippen LogP contribution in [0.4, 0.5) is 4.79 Å². The van der Waals surface area contributed by atoms with Crippen molar-refractivity contribution in [2.75, 3.05) is 40.8 Å². The number of hydrogen-bond acceptors (Lipinski definition) is 3. The molecule has 16 heavy (non-hydrogen) atoms. The van der Waals surface area contributed by atoms with Gasteiger partial charge in [0.25, 0.3) is 0 Å². The smallest absolute Gasteiger partial charge is 0.316 e.